The number of carbonyl (C=O) groups excluding carboxylic acids is 1. The second-order valence-electron chi connectivity index (χ2n) is 5.94. The molecule has 2 heterocycles. The third-order valence-corrected chi connectivity index (χ3v) is 4.03. The van der Waals surface area contributed by atoms with E-state index in [1.54, 1.807) is 13.0 Å². The molecule has 0 fully saturated rings. The van der Waals surface area contributed by atoms with Gasteiger partial charge in [-0.15, -0.1) is 0 Å². The Balaban J connectivity index is 2.04. The Labute approximate surface area is 151 Å². The van der Waals surface area contributed by atoms with Crippen LogP contribution in [0.5, 0.6) is 0 Å². The van der Waals surface area contributed by atoms with Crippen LogP contribution in [0, 0.1) is 41.0 Å². The number of benzene rings is 1. The average molecular weight is 370 g/mol. The van der Waals surface area contributed by atoms with E-state index in [0.717, 1.165) is 17.8 Å². The first-order chi connectivity index (χ1) is 12.7. The minimum Gasteiger partial charge on any atom is -0.321 e. The maximum Gasteiger partial charge on any atom is 0.281 e. The van der Waals surface area contributed by atoms with Gasteiger partial charge in [0.15, 0.2) is 5.65 Å². The van der Waals surface area contributed by atoms with Crippen LogP contribution in [0.25, 0.3) is 5.65 Å². The van der Waals surface area contributed by atoms with Gasteiger partial charge in [-0.1, -0.05) is 0 Å². The maximum absolute atomic E-state index is 12.6. The zero-order valence-corrected chi connectivity index (χ0v) is 14.6. The van der Waals surface area contributed by atoms with Gasteiger partial charge in [0.1, 0.15) is 11.1 Å². The molecule has 3 rings (SSSR count). The molecular formula is C16H14N6O5. The number of carbonyl (C=O) groups is 1. The molecule has 11 nitrogen and oxygen atoms in total. The quantitative estimate of drug-likeness (QED) is 0.548. The van der Waals surface area contributed by atoms with E-state index in [1.165, 1.54) is 17.6 Å². The molecule has 0 saturated heterocycles. The van der Waals surface area contributed by atoms with Gasteiger partial charge in [0.05, 0.1) is 21.7 Å². The molecule has 11 heteroatoms. The Morgan fingerprint density at radius 3 is 2.22 bits per heavy atom. The molecule has 0 bridgehead atoms. The predicted octanol–water partition coefficient (Wildman–Crippen LogP) is 2.72. The van der Waals surface area contributed by atoms with Crippen molar-refractivity contribution in [3.63, 3.8) is 0 Å². The van der Waals surface area contributed by atoms with E-state index in [0.29, 0.717) is 11.3 Å². The fourth-order valence-corrected chi connectivity index (χ4v) is 2.76. The molecule has 1 amide bonds. The lowest BCUT2D eigenvalue weighted by atomic mass is 10.1. The van der Waals surface area contributed by atoms with Crippen molar-refractivity contribution in [3.05, 3.63) is 67.1 Å². The maximum atomic E-state index is 12.6. The molecule has 0 spiro atoms. The van der Waals surface area contributed by atoms with Gasteiger partial charge in [0.2, 0.25) is 0 Å². The normalized spacial score (nSPS) is 10.8. The van der Waals surface area contributed by atoms with E-state index in [-0.39, 0.29) is 16.8 Å². The van der Waals surface area contributed by atoms with Crippen LogP contribution in [0.4, 0.5) is 17.1 Å². The van der Waals surface area contributed by atoms with E-state index in [4.69, 9.17) is 0 Å². The van der Waals surface area contributed by atoms with Crippen molar-refractivity contribution in [1.29, 1.82) is 0 Å². The van der Waals surface area contributed by atoms with Gasteiger partial charge < -0.3 is 5.32 Å². The zero-order chi connectivity index (χ0) is 19.9. The lowest BCUT2D eigenvalue weighted by Crippen LogP contribution is -2.13. The van der Waals surface area contributed by atoms with E-state index in [1.807, 2.05) is 6.92 Å². The number of fused-ring (bicyclic) bond motifs is 1. The van der Waals surface area contributed by atoms with Crippen LogP contribution < -0.4 is 5.32 Å². The molecule has 0 saturated carbocycles. The molecule has 1 aromatic carbocycles. The second kappa shape index (κ2) is 6.44. The number of hydrogen-bond donors (Lipinski definition) is 1. The average Bonchev–Trinajstić information content (AvgIpc) is 2.99. The molecule has 0 radical (unpaired) electrons. The van der Waals surface area contributed by atoms with E-state index >= 15 is 0 Å². The molecule has 0 aliphatic heterocycles. The standard InChI is InChI=1S/C16H14N6O5/c1-8-4-9(2)20-15(18-8)12(7-17-20)16(23)19-11-5-13(21(24)25)10(3)14(6-11)22(26)27/h4-7H,1-3H3,(H,19,23). The summed E-state index contributed by atoms with van der Waals surface area (Å²) in [5.74, 6) is -0.630. The number of rotatable bonds is 4. The highest BCUT2D eigenvalue weighted by Gasteiger charge is 2.24. The second-order valence-corrected chi connectivity index (χ2v) is 5.94. The Kier molecular flexibility index (Phi) is 4.27. The number of hydrogen-bond acceptors (Lipinski definition) is 7. The summed E-state index contributed by atoms with van der Waals surface area (Å²) in [6.45, 7) is 4.86. The van der Waals surface area contributed by atoms with E-state index in [2.05, 4.69) is 15.4 Å². The Hall–Kier alpha value is -3.89. The van der Waals surface area contributed by atoms with Gasteiger partial charge in [-0.2, -0.15) is 5.10 Å². The van der Waals surface area contributed by atoms with E-state index < -0.39 is 27.1 Å². The summed E-state index contributed by atoms with van der Waals surface area (Å²) in [6, 6.07) is 3.96. The summed E-state index contributed by atoms with van der Waals surface area (Å²) in [7, 11) is 0. The highest BCUT2D eigenvalue weighted by molar-refractivity contribution is 6.08. The van der Waals surface area contributed by atoms with Gasteiger partial charge >= 0.3 is 0 Å². The third kappa shape index (κ3) is 3.17. The molecule has 0 unspecified atom stereocenters. The van der Waals surface area contributed by atoms with Crippen LogP contribution in [0.1, 0.15) is 27.3 Å². The van der Waals surface area contributed by atoms with Crippen LogP contribution >= 0.6 is 0 Å². The van der Waals surface area contributed by atoms with Crippen molar-refractivity contribution in [2.24, 2.45) is 0 Å². The Morgan fingerprint density at radius 1 is 1.07 bits per heavy atom. The predicted molar refractivity (Wildman–Crippen MR) is 94.9 cm³/mol. The van der Waals surface area contributed by atoms with Crippen LogP contribution in [-0.2, 0) is 0 Å². The SMILES string of the molecule is Cc1cc(C)n2ncc(C(=O)Nc3cc([N+](=O)[O-])c(C)c([N+](=O)[O-])c3)c2n1. The lowest BCUT2D eigenvalue weighted by Gasteiger charge is -2.07. The van der Waals surface area contributed by atoms with Gasteiger partial charge in [-0.3, -0.25) is 25.0 Å². The van der Waals surface area contributed by atoms with Crippen molar-refractivity contribution in [2.45, 2.75) is 20.8 Å². The number of nitrogens with zero attached hydrogens (tertiary/aromatic N) is 5. The number of aromatic nitrogens is 3. The summed E-state index contributed by atoms with van der Waals surface area (Å²) in [5, 5.41) is 28.9. The molecule has 1 N–H and O–H groups in total. The highest BCUT2D eigenvalue weighted by atomic mass is 16.6. The first kappa shape index (κ1) is 17.9. The van der Waals surface area contributed by atoms with E-state index in [9.17, 15) is 25.0 Å². The largest absolute Gasteiger partial charge is 0.321 e. The summed E-state index contributed by atoms with van der Waals surface area (Å²) < 4.78 is 1.49. The van der Waals surface area contributed by atoms with Crippen LogP contribution in [0.3, 0.4) is 0 Å². The minimum absolute atomic E-state index is 0.0623. The highest BCUT2D eigenvalue weighted by Crippen LogP contribution is 2.32. The van der Waals surface area contributed by atoms with Crippen molar-refractivity contribution in [2.75, 3.05) is 5.32 Å². The monoisotopic (exact) mass is 370 g/mol. The van der Waals surface area contributed by atoms with Crippen molar-refractivity contribution in [3.8, 4) is 0 Å². The van der Waals surface area contributed by atoms with Crippen molar-refractivity contribution in [1.82, 2.24) is 14.6 Å². The molecule has 0 aliphatic carbocycles. The number of anilines is 1. The molecule has 3 aromatic rings. The first-order valence-corrected chi connectivity index (χ1v) is 7.75. The molecule has 138 valence electrons. The van der Waals surface area contributed by atoms with Crippen molar-refractivity contribution < 1.29 is 14.6 Å². The fraction of sp³-hybridized carbons (Fsp3) is 0.188. The third-order valence-electron chi connectivity index (χ3n) is 4.03. The van der Waals surface area contributed by atoms with Crippen molar-refractivity contribution >= 4 is 28.6 Å². The molecule has 27 heavy (non-hydrogen) atoms. The summed E-state index contributed by atoms with van der Waals surface area (Å²) in [6.07, 6.45) is 1.32. The van der Waals surface area contributed by atoms with Crippen LogP contribution in [0.15, 0.2) is 24.4 Å². The zero-order valence-electron chi connectivity index (χ0n) is 14.6. The van der Waals surface area contributed by atoms with Gasteiger partial charge in [-0.05, 0) is 26.8 Å². The van der Waals surface area contributed by atoms with Gasteiger partial charge in [0.25, 0.3) is 17.3 Å². The summed E-state index contributed by atoms with van der Waals surface area (Å²) in [5.41, 5.74) is 0.871. The molecule has 0 aliphatic rings. The van der Waals surface area contributed by atoms with Gasteiger partial charge in [0, 0.05) is 23.5 Å². The Morgan fingerprint density at radius 2 is 1.67 bits per heavy atom. The lowest BCUT2D eigenvalue weighted by molar-refractivity contribution is -0.395. The summed E-state index contributed by atoms with van der Waals surface area (Å²) >= 11 is 0. The van der Waals surface area contributed by atoms with Gasteiger partial charge in [-0.25, -0.2) is 9.50 Å². The number of nitrogens with one attached hydrogen (secondary N) is 1. The Bertz CT molecular complexity index is 1080. The van der Waals surface area contributed by atoms with Crippen LogP contribution in [0.2, 0.25) is 0 Å². The topological polar surface area (TPSA) is 146 Å². The molecular weight excluding hydrogens is 356 g/mol. The first-order valence-electron chi connectivity index (χ1n) is 7.75. The smallest absolute Gasteiger partial charge is 0.281 e. The number of nitro benzene ring substituents is 2. The fourth-order valence-electron chi connectivity index (χ4n) is 2.76. The number of amides is 1. The molecule has 2 aromatic heterocycles. The molecule has 0 atom stereocenters. The minimum atomic E-state index is -0.735. The summed E-state index contributed by atoms with van der Waals surface area (Å²) in [4.78, 5) is 37.8. The van der Waals surface area contributed by atoms with Crippen LogP contribution in [-0.4, -0.2) is 30.4 Å². The number of aryl methyl sites for hydroxylation is 2. The number of nitro groups is 2.